The summed E-state index contributed by atoms with van der Waals surface area (Å²) in [6.07, 6.45) is 2.16. The molecule has 40 heavy (non-hydrogen) atoms. The number of hydrogen-bond donors (Lipinski definition) is 0. The van der Waals surface area contributed by atoms with E-state index in [1.807, 2.05) is 26.0 Å². The first-order valence-electron chi connectivity index (χ1n) is 13.9. The van der Waals surface area contributed by atoms with Gasteiger partial charge in [0.05, 0.1) is 29.8 Å². The van der Waals surface area contributed by atoms with Gasteiger partial charge < -0.3 is 13.9 Å². The molecule has 7 nitrogen and oxygen atoms in total. The summed E-state index contributed by atoms with van der Waals surface area (Å²) in [4.78, 5) is 0.204. The molecule has 2 aromatic rings. The molecule has 5 rings (SSSR count). The molecule has 0 saturated carbocycles. The SMILES string of the molecule is COc1cccc2c1[C@@H]1C[C@@](C)(O[C@]13C=C(C#N)CCN3S(=O)(=O)c1ccc(C)cc1)[C@@H]2O[Si](C)(C)C(C)(C)C. The normalized spacial score (nSPS) is 28.6. The summed E-state index contributed by atoms with van der Waals surface area (Å²) in [6.45, 7) is 15.1. The Labute approximate surface area is 239 Å². The van der Waals surface area contributed by atoms with Crippen LogP contribution >= 0.6 is 0 Å². The second-order valence-electron chi connectivity index (χ2n) is 13.1. The fourth-order valence-electron chi connectivity index (χ4n) is 6.22. The van der Waals surface area contributed by atoms with E-state index in [9.17, 15) is 13.7 Å². The lowest BCUT2D eigenvalue weighted by Gasteiger charge is -2.46. The molecule has 0 radical (unpaired) electrons. The first-order chi connectivity index (χ1) is 18.6. The Morgan fingerprint density at radius 2 is 1.82 bits per heavy atom. The summed E-state index contributed by atoms with van der Waals surface area (Å²) in [5.74, 6) is 0.273. The Hall–Kier alpha value is -2.48. The van der Waals surface area contributed by atoms with Gasteiger partial charge in [0, 0.05) is 23.6 Å². The van der Waals surface area contributed by atoms with E-state index in [0.29, 0.717) is 24.2 Å². The minimum atomic E-state index is -3.98. The molecule has 1 saturated heterocycles. The molecular formula is C31H40N2O5SSi. The van der Waals surface area contributed by atoms with E-state index >= 15 is 0 Å². The van der Waals surface area contributed by atoms with Gasteiger partial charge in [0.15, 0.2) is 14.0 Å². The van der Waals surface area contributed by atoms with Crippen molar-refractivity contribution in [2.75, 3.05) is 13.7 Å². The number of ether oxygens (including phenoxy) is 2. The van der Waals surface area contributed by atoms with Crippen molar-refractivity contribution >= 4 is 18.3 Å². The Morgan fingerprint density at radius 1 is 1.15 bits per heavy atom. The first kappa shape index (κ1) is 29.0. The molecule has 3 aliphatic rings. The highest BCUT2D eigenvalue weighted by atomic mass is 32.2. The lowest BCUT2D eigenvalue weighted by molar-refractivity contribution is -0.162. The quantitative estimate of drug-likeness (QED) is 0.371. The molecular weight excluding hydrogens is 541 g/mol. The predicted octanol–water partition coefficient (Wildman–Crippen LogP) is 6.58. The maximum absolute atomic E-state index is 14.3. The molecule has 1 fully saturated rings. The lowest BCUT2D eigenvalue weighted by Crippen LogP contribution is -2.56. The van der Waals surface area contributed by atoms with E-state index in [-0.39, 0.29) is 16.5 Å². The molecule has 4 atom stereocenters. The summed E-state index contributed by atoms with van der Waals surface area (Å²) in [6, 6.07) is 15.1. The van der Waals surface area contributed by atoms with Crippen LogP contribution in [-0.4, -0.2) is 46.0 Å². The molecule has 2 aliphatic heterocycles. The van der Waals surface area contributed by atoms with Crippen molar-refractivity contribution in [2.24, 2.45) is 0 Å². The van der Waals surface area contributed by atoms with Gasteiger partial charge in [-0.25, -0.2) is 8.42 Å². The first-order valence-corrected chi connectivity index (χ1v) is 18.2. The molecule has 9 heteroatoms. The van der Waals surface area contributed by atoms with Crippen LogP contribution in [0.25, 0.3) is 0 Å². The fraction of sp³-hybridized carbons (Fsp3) is 0.516. The van der Waals surface area contributed by atoms with Crippen molar-refractivity contribution in [2.45, 2.75) is 93.8 Å². The standard InChI is InChI=1S/C31H40N2O5SSi/c1-21-12-14-23(15-13-21)39(34,35)33-17-16-22(20-32)18-31(33)25-19-30(5,38-31)28(37-40(7,8)29(2,3)4)24-10-9-11-26(36-6)27(24)25/h9-15,18,25,28H,16-17,19H2,1-8H3/t25-,28+,30+,31+/m0/s1. The summed E-state index contributed by atoms with van der Waals surface area (Å²) in [7, 11) is -4.64. The zero-order valence-electron chi connectivity index (χ0n) is 24.7. The van der Waals surface area contributed by atoms with E-state index in [2.05, 4.69) is 46.0 Å². The maximum Gasteiger partial charge on any atom is 0.245 e. The third kappa shape index (κ3) is 4.36. The fourth-order valence-corrected chi connectivity index (χ4v) is 9.19. The zero-order chi connectivity index (χ0) is 29.3. The summed E-state index contributed by atoms with van der Waals surface area (Å²) < 4.78 is 50.2. The van der Waals surface area contributed by atoms with Crippen LogP contribution < -0.4 is 4.74 Å². The highest BCUT2D eigenvalue weighted by Crippen LogP contribution is 2.64. The number of nitriles is 1. The molecule has 0 unspecified atom stereocenters. The van der Waals surface area contributed by atoms with Gasteiger partial charge in [-0.15, -0.1) is 0 Å². The van der Waals surface area contributed by atoms with Gasteiger partial charge in [-0.2, -0.15) is 9.57 Å². The van der Waals surface area contributed by atoms with Crippen molar-refractivity contribution in [3.05, 3.63) is 70.8 Å². The smallest absolute Gasteiger partial charge is 0.245 e. The van der Waals surface area contributed by atoms with E-state index < -0.39 is 41.7 Å². The maximum atomic E-state index is 14.3. The predicted molar refractivity (Wildman–Crippen MR) is 157 cm³/mol. The van der Waals surface area contributed by atoms with E-state index in [1.54, 1.807) is 37.5 Å². The van der Waals surface area contributed by atoms with Crippen molar-refractivity contribution in [3.8, 4) is 11.8 Å². The highest BCUT2D eigenvalue weighted by molar-refractivity contribution is 7.89. The number of hydrogen-bond acceptors (Lipinski definition) is 6. The van der Waals surface area contributed by atoms with Gasteiger partial charge >= 0.3 is 0 Å². The van der Waals surface area contributed by atoms with Crippen molar-refractivity contribution in [3.63, 3.8) is 0 Å². The third-order valence-corrected chi connectivity index (χ3v) is 15.7. The molecule has 0 amide bonds. The van der Waals surface area contributed by atoms with E-state index in [0.717, 1.165) is 16.7 Å². The molecule has 214 valence electrons. The van der Waals surface area contributed by atoms with Crippen LogP contribution in [0.2, 0.25) is 18.1 Å². The third-order valence-electron chi connectivity index (χ3n) is 9.34. The second-order valence-corrected chi connectivity index (χ2v) is 19.7. The van der Waals surface area contributed by atoms with Crippen molar-refractivity contribution in [1.29, 1.82) is 5.26 Å². The van der Waals surface area contributed by atoms with Gasteiger partial charge in [-0.1, -0.05) is 50.6 Å². The molecule has 2 bridgehead atoms. The number of methoxy groups -OCH3 is 1. The molecule has 2 heterocycles. The van der Waals surface area contributed by atoms with Crippen LogP contribution in [0.5, 0.6) is 5.75 Å². The van der Waals surface area contributed by atoms with E-state index in [1.165, 1.54) is 4.31 Å². The highest BCUT2D eigenvalue weighted by Gasteiger charge is 2.67. The van der Waals surface area contributed by atoms with Crippen LogP contribution in [0.15, 0.2) is 59.0 Å². The Kier molecular flexibility index (Phi) is 6.92. The van der Waals surface area contributed by atoms with Gasteiger partial charge in [-0.3, -0.25) is 0 Å². The van der Waals surface area contributed by atoms with Crippen LogP contribution in [0.1, 0.15) is 69.2 Å². The Morgan fingerprint density at radius 3 is 2.42 bits per heavy atom. The van der Waals surface area contributed by atoms with Crippen LogP contribution in [0.4, 0.5) is 0 Å². The summed E-state index contributed by atoms with van der Waals surface area (Å²) in [5, 5.41) is 9.93. The van der Waals surface area contributed by atoms with Gasteiger partial charge in [-0.05, 0) is 74.7 Å². The number of benzene rings is 2. The summed E-state index contributed by atoms with van der Waals surface area (Å²) in [5.41, 5.74) is 1.10. The molecule has 2 aromatic carbocycles. The zero-order valence-corrected chi connectivity index (χ0v) is 26.6. The van der Waals surface area contributed by atoms with Crippen LogP contribution in [-0.2, 0) is 19.2 Å². The van der Waals surface area contributed by atoms with Crippen molar-refractivity contribution < 1.29 is 22.3 Å². The van der Waals surface area contributed by atoms with Crippen molar-refractivity contribution in [1.82, 2.24) is 4.31 Å². The number of rotatable bonds is 5. The molecule has 1 aliphatic carbocycles. The Balaban J connectivity index is 1.75. The van der Waals surface area contributed by atoms with Gasteiger partial charge in [0.25, 0.3) is 0 Å². The minimum Gasteiger partial charge on any atom is -0.496 e. The number of aryl methyl sites for hydroxylation is 1. The number of fused-ring (bicyclic) bond motifs is 5. The van der Waals surface area contributed by atoms with E-state index in [4.69, 9.17) is 13.9 Å². The van der Waals surface area contributed by atoms with Crippen LogP contribution in [0, 0.1) is 18.3 Å². The average molecular weight is 581 g/mol. The van der Waals surface area contributed by atoms with Gasteiger partial charge in [0.1, 0.15) is 5.75 Å². The topological polar surface area (TPSA) is 88.9 Å². The van der Waals surface area contributed by atoms with Gasteiger partial charge in [0.2, 0.25) is 10.0 Å². The van der Waals surface area contributed by atoms with Crippen LogP contribution in [0.3, 0.4) is 0 Å². The second kappa shape index (κ2) is 9.53. The largest absolute Gasteiger partial charge is 0.496 e. The summed E-state index contributed by atoms with van der Waals surface area (Å²) >= 11 is 0. The lowest BCUT2D eigenvalue weighted by atomic mass is 9.71. The Bertz CT molecular complexity index is 1510. The number of nitrogens with zero attached hydrogens (tertiary/aromatic N) is 2. The molecule has 0 N–H and O–H groups in total. The minimum absolute atomic E-state index is 0.0466. The monoisotopic (exact) mass is 580 g/mol. The average Bonchev–Trinajstić information content (AvgIpc) is 3.14. The molecule has 1 spiro atoms. The number of sulfonamides is 1. The molecule has 0 aromatic heterocycles.